The molecule has 0 radical (unpaired) electrons. The summed E-state index contributed by atoms with van der Waals surface area (Å²) in [4.78, 5) is 26.1. The fourth-order valence-electron chi connectivity index (χ4n) is 2.32. The monoisotopic (exact) mass is 239 g/mol. The first kappa shape index (κ1) is 14.2. The number of carbonyl (C=O) groups is 2. The number of ketones is 1. The van der Waals surface area contributed by atoms with E-state index in [1.807, 2.05) is 20.8 Å². The number of hydrogen-bond acceptors (Lipinski definition) is 2. The Balaban J connectivity index is 3.06. The molecule has 0 N–H and O–H groups in total. The van der Waals surface area contributed by atoms with E-state index >= 15 is 0 Å². The molecular weight excluding hydrogens is 214 g/mol. The Labute approximate surface area is 105 Å². The average molecular weight is 239 g/mol. The third-order valence-corrected chi connectivity index (χ3v) is 3.47. The summed E-state index contributed by atoms with van der Waals surface area (Å²) in [6.45, 7) is 12.5. The molecule has 1 saturated heterocycles. The standard InChI is InChI=1S/C14H25NO2/c1-13(2,3)11-8-7-10(16)9-15(12(11)17)14(4,5)6/h11H,7-9H2,1-6H3. The van der Waals surface area contributed by atoms with Crippen LogP contribution in [0.25, 0.3) is 0 Å². The van der Waals surface area contributed by atoms with Gasteiger partial charge in [-0.3, -0.25) is 9.59 Å². The van der Waals surface area contributed by atoms with Crippen LogP contribution in [0.4, 0.5) is 0 Å². The summed E-state index contributed by atoms with van der Waals surface area (Å²) < 4.78 is 0. The summed E-state index contributed by atoms with van der Waals surface area (Å²) in [7, 11) is 0. The minimum Gasteiger partial charge on any atom is -0.330 e. The van der Waals surface area contributed by atoms with Crippen LogP contribution in [0.1, 0.15) is 54.4 Å². The van der Waals surface area contributed by atoms with Crippen LogP contribution < -0.4 is 0 Å². The molecule has 0 saturated carbocycles. The second kappa shape index (κ2) is 4.43. The highest BCUT2D eigenvalue weighted by Gasteiger charge is 2.40. The van der Waals surface area contributed by atoms with Gasteiger partial charge in [0.1, 0.15) is 0 Å². The zero-order valence-electron chi connectivity index (χ0n) is 12.0. The van der Waals surface area contributed by atoms with E-state index in [-0.39, 0.29) is 35.1 Å². The lowest BCUT2D eigenvalue weighted by molar-refractivity contribution is -0.144. The largest absolute Gasteiger partial charge is 0.330 e. The molecule has 1 unspecified atom stereocenters. The third-order valence-electron chi connectivity index (χ3n) is 3.47. The molecule has 1 rings (SSSR count). The van der Waals surface area contributed by atoms with Gasteiger partial charge < -0.3 is 4.90 Å². The summed E-state index contributed by atoms with van der Waals surface area (Å²) in [5.74, 6) is 0.268. The van der Waals surface area contributed by atoms with E-state index in [2.05, 4.69) is 20.8 Å². The summed E-state index contributed by atoms with van der Waals surface area (Å²) in [6, 6.07) is 0. The van der Waals surface area contributed by atoms with Gasteiger partial charge in [-0.1, -0.05) is 20.8 Å². The Morgan fingerprint density at radius 2 is 1.59 bits per heavy atom. The minimum atomic E-state index is -0.277. The Bertz CT molecular complexity index is 320. The molecule has 1 aliphatic rings. The maximum Gasteiger partial charge on any atom is 0.227 e. The zero-order valence-corrected chi connectivity index (χ0v) is 12.0. The van der Waals surface area contributed by atoms with Crippen molar-refractivity contribution >= 4 is 11.7 Å². The number of Topliss-reactive ketones (excluding diaryl/α,β-unsaturated/α-hetero) is 1. The Morgan fingerprint density at radius 3 is 2.00 bits per heavy atom. The fourth-order valence-corrected chi connectivity index (χ4v) is 2.32. The molecule has 98 valence electrons. The third kappa shape index (κ3) is 3.30. The number of amides is 1. The van der Waals surface area contributed by atoms with E-state index in [0.29, 0.717) is 12.8 Å². The smallest absolute Gasteiger partial charge is 0.227 e. The van der Waals surface area contributed by atoms with Gasteiger partial charge in [0.15, 0.2) is 5.78 Å². The number of nitrogens with zero attached hydrogens (tertiary/aromatic N) is 1. The van der Waals surface area contributed by atoms with Crippen molar-refractivity contribution in [1.29, 1.82) is 0 Å². The second-order valence-corrected chi connectivity index (χ2v) is 7.09. The number of hydrogen-bond donors (Lipinski definition) is 0. The Kier molecular flexibility index (Phi) is 3.70. The summed E-state index contributed by atoms with van der Waals surface area (Å²) in [5, 5.41) is 0. The van der Waals surface area contributed by atoms with Gasteiger partial charge in [0.05, 0.1) is 6.54 Å². The van der Waals surface area contributed by atoms with Gasteiger partial charge in [0, 0.05) is 17.9 Å². The molecule has 0 aliphatic carbocycles. The quantitative estimate of drug-likeness (QED) is 0.651. The molecular formula is C14H25NO2. The SMILES string of the molecule is CC(C)(C)C1CCC(=O)CN(C(C)(C)C)C1=O. The highest BCUT2D eigenvalue weighted by Crippen LogP contribution is 2.35. The number of rotatable bonds is 0. The van der Waals surface area contributed by atoms with Crippen LogP contribution in [0.2, 0.25) is 0 Å². The summed E-state index contributed by atoms with van der Waals surface area (Å²) in [6.07, 6.45) is 1.22. The number of carbonyl (C=O) groups excluding carboxylic acids is 2. The number of likely N-dealkylation sites (tertiary alicyclic amines) is 1. The molecule has 17 heavy (non-hydrogen) atoms. The molecule has 1 atom stereocenters. The van der Waals surface area contributed by atoms with E-state index in [0.717, 1.165) is 0 Å². The maximum atomic E-state index is 12.6. The van der Waals surface area contributed by atoms with Crippen molar-refractivity contribution in [1.82, 2.24) is 4.90 Å². The topological polar surface area (TPSA) is 37.4 Å². The van der Waals surface area contributed by atoms with Crippen molar-refractivity contribution in [3.05, 3.63) is 0 Å². The minimum absolute atomic E-state index is 0.0480. The van der Waals surface area contributed by atoms with E-state index in [9.17, 15) is 9.59 Å². The van der Waals surface area contributed by atoms with E-state index in [1.165, 1.54) is 0 Å². The van der Waals surface area contributed by atoms with Gasteiger partial charge in [0.25, 0.3) is 0 Å². The van der Waals surface area contributed by atoms with E-state index in [1.54, 1.807) is 4.90 Å². The molecule has 0 spiro atoms. The van der Waals surface area contributed by atoms with Crippen LogP contribution in [-0.2, 0) is 9.59 Å². The predicted octanol–water partition coefficient (Wildman–Crippen LogP) is 2.64. The van der Waals surface area contributed by atoms with Crippen molar-refractivity contribution in [3.63, 3.8) is 0 Å². The lowest BCUT2D eigenvalue weighted by atomic mass is 9.77. The van der Waals surface area contributed by atoms with Crippen LogP contribution in [0, 0.1) is 11.3 Å². The highest BCUT2D eigenvalue weighted by molar-refractivity contribution is 5.90. The van der Waals surface area contributed by atoms with Crippen LogP contribution in [0.15, 0.2) is 0 Å². The van der Waals surface area contributed by atoms with Gasteiger partial charge >= 0.3 is 0 Å². The zero-order chi connectivity index (χ0) is 13.4. The molecule has 1 amide bonds. The van der Waals surface area contributed by atoms with Crippen molar-refractivity contribution in [2.45, 2.75) is 59.9 Å². The molecule has 3 nitrogen and oxygen atoms in total. The van der Waals surface area contributed by atoms with Gasteiger partial charge in [-0.2, -0.15) is 0 Å². The van der Waals surface area contributed by atoms with Crippen molar-refractivity contribution < 1.29 is 9.59 Å². The molecule has 0 bridgehead atoms. The lowest BCUT2D eigenvalue weighted by Gasteiger charge is -2.39. The molecule has 3 heteroatoms. The van der Waals surface area contributed by atoms with Gasteiger partial charge in [0.2, 0.25) is 5.91 Å². The molecule has 0 aromatic heterocycles. The van der Waals surface area contributed by atoms with Crippen LogP contribution in [0.5, 0.6) is 0 Å². The van der Waals surface area contributed by atoms with E-state index in [4.69, 9.17) is 0 Å². The molecule has 0 aromatic rings. The molecule has 1 fully saturated rings. The first-order chi connectivity index (χ1) is 7.53. The van der Waals surface area contributed by atoms with E-state index < -0.39 is 0 Å². The summed E-state index contributed by atoms with van der Waals surface area (Å²) >= 11 is 0. The summed E-state index contributed by atoms with van der Waals surface area (Å²) in [5.41, 5.74) is -0.355. The van der Waals surface area contributed by atoms with Crippen LogP contribution >= 0.6 is 0 Å². The lowest BCUT2D eigenvalue weighted by Crippen LogP contribution is -2.50. The predicted molar refractivity (Wildman–Crippen MR) is 68.7 cm³/mol. The normalized spacial score (nSPS) is 23.9. The fraction of sp³-hybridized carbons (Fsp3) is 0.857. The average Bonchev–Trinajstić information content (AvgIpc) is 2.23. The maximum absolute atomic E-state index is 12.6. The molecule has 1 aliphatic heterocycles. The molecule has 1 heterocycles. The van der Waals surface area contributed by atoms with Crippen LogP contribution in [-0.4, -0.2) is 28.7 Å². The van der Waals surface area contributed by atoms with Gasteiger partial charge in [-0.05, 0) is 32.6 Å². The molecule has 0 aromatic carbocycles. The van der Waals surface area contributed by atoms with Crippen LogP contribution in [0.3, 0.4) is 0 Å². The van der Waals surface area contributed by atoms with Gasteiger partial charge in [-0.25, -0.2) is 0 Å². The first-order valence-electron chi connectivity index (χ1n) is 6.36. The highest BCUT2D eigenvalue weighted by atomic mass is 16.2. The van der Waals surface area contributed by atoms with Gasteiger partial charge in [-0.15, -0.1) is 0 Å². The van der Waals surface area contributed by atoms with Crippen molar-refractivity contribution in [3.8, 4) is 0 Å². The van der Waals surface area contributed by atoms with Crippen molar-refractivity contribution in [2.75, 3.05) is 6.54 Å². The Morgan fingerprint density at radius 1 is 1.06 bits per heavy atom. The van der Waals surface area contributed by atoms with Crippen molar-refractivity contribution in [2.24, 2.45) is 11.3 Å². The first-order valence-corrected chi connectivity index (χ1v) is 6.36. The Hall–Kier alpha value is -0.860. The second-order valence-electron chi connectivity index (χ2n) is 7.09.